The number of hydrogen-bond donors (Lipinski definition) is 3. The van der Waals surface area contributed by atoms with Gasteiger partial charge in [-0.2, -0.15) is 0 Å². The van der Waals surface area contributed by atoms with E-state index in [2.05, 4.69) is 17.2 Å². The number of H-pyrrole nitrogens is 1. The highest BCUT2D eigenvalue weighted by atomic mass is 16.6. The van der Waals surface area contributed by atoms with Crippen LogP contribution in [0.5, 0.6) is 11.5 Å². The minimum absolute atomic E-state index is 0.129. The number of ether oxygens (including phenoxy) is 1. The standard InChI is InChI=1S/C22H25N3O4/c1-13(10-14-6-9-20(26)21(11-14)29-2)23-19-5-3-4-16-17-12-15(25(27)28)7-8-18(17)24-22(16)19/h6-9,11-13,19,23-24,26H,3-5,10H2,1-2H3. The number of methoxy groups -OCH3 is 1. The van der Waals surface area contributed by atoms with Gasteiger partial charge in [0.05, 0.1) is 12.0 Å². The quantitative estimate of drug-likeness (QED) is 0.425. The van der Waals surface area contributed by atoms with E-state index in [1.807, 2.05) is 12.1 Å². The first-order valence-electron chi connectivity index (χ1n) is 9.87. The highest BCUT2D eigenvalue weighted by Gasteiger charge is 2.26. The highest BCUT2D eigenvalue weighted by Crippen LogP contribution is 2.36. The first kappa shape index (κ1) is 19.3. The second-order valence-electron chi connectivity index (χ2n) is 7.73. The average molecular weight is 395 g/mol. The lowest BCUT2D eigenvalue weighted by Gasteiger charge is -2.27. The maximum atomic E-state index is 11.1. The molecule has 7 heteroatoms. The Hall–Kier alpha value is -3.06. The maximum Gasteiger partial charge on any atom is 0.270 e. The van der Waals surface area contributed by atoms with Gasteiger partial charge < -0.3 is 20.1 Å². The number of aryl methyl sites for hydroxylation is 1. The van der Waals surface area contributed by atoms with Gasteiger partial charge in [-0.1, -0.05) is 6.07 Å². The molecule has 3 aromatic rings. The molecule has 0 spiro atoms. The summed E-state index contributed by atoms with van der Waals surface area (Å²) < 4.78 is 5.20. The van der Waals surface area contributed by atoms with Crippen LogP contribution in [0.25, 0.3) is 10.9 Å². The Morgan fingerprint density at radius 3 is 2.93 bits per heavy atom. The summed E-state index contributed by atoms with van der Waals surface area (Å²) in [6, 6.07) is 10.8. The molecular formula is C22H25N3O4. The van der Waals surface area contributed by atoms with Gasteiger partial charge in [-0.05, 0) is 61.9 Å². The van der Waals surface area contributed by atoms with Crippen LogP contribution in [0.1, 0.15) is 42.6 Å². The highest BCUT2D eigenvalue weighted by molar-refractivity contribution is 5.87. The lowest BCUT2D eigenvalue weighted by atomic mass is 9.91. The topological polar surface area (TPSA) is 100 Å². The van der Waals surface area contributed by atoms with Crippen LogP contribution in [0.3, 0.4) is 0 Å². The van der Waals surface area contributed by atoms with Crippen molar-refractivity contribution in [2.45, 2.75) is 44.7 Å². The molecule has 1 heterocycles. The molecule has 152 valence electrons. The van der Waals surface area contributed by atoms with Crippen molar-refractivity contribution >= 4 is 16.6 Å². The Kier molecular flexibility index (Phi) is 5.15. The fraction of sp³-hybridized carbons (Fsp3) is 0.364. The normalized spacial score (nSPS) is 17.1. The van der Waals surface area contributed by atoms with Crippen molar-refractivity contribution in [2.24, 2.45) is 0 Å². The predicted molar refractivity (Wildman–Crippen MR) is 112 cm³/mol. The van der Waals surface area contributed by atoms with E-state index in [-0.39, 0.29) is 28.4 Å². The van der Waals surface area contributed by atoms with Crippen molar-refractivity contribution in [3.05, 3.63) is 63.3 Å². The zero-order chi connectivity index (χ0) is 20.5. The number of nitro groups is 1. The van der Waals surface area contributed by atoms with Crippen LogP contribution in [-0.2, 0) is 12.8 Å². The van der Waals surface area contributed by atoms with Gasteiger partial charge in [-0.3, -0.25) is 10.1 Å². The molecule has 0 saturated carbocycles. The van der Waals surface area contributed by atoms with Crippen LogP contribution in [-0.4, -0.2) is 28.2 Å². The fourth-order valence-electron chi connectivity index (χ4n) is 4.34. The summed E-state index contributed by atoms with van der Waals surface area (Å²) in [6.07, 6.45) is 3.79. The van der Waals surface area contributed by atoms with E-state index in [4.69, 9.17) is 4.74 Å². The number of phenolic OH excluding ortho intramolecular Hbond substituents is 1. The Bertz CT molecular complexity index is 1060. The summed E-state index contributed by atoms with van der Waals surface area (Å²) in [5.41, 5.74) is 4.49. The number of non-ortho nitro benzene ring substituents is 1. The number of phenols is 1. The molecule has 2 atom stereocenters. The van der Waals surface area contributed by atoms with Gasteiger partial charge in [0.2, 0.25) is 0 Å². The average Bonchev–Trinajstić information content (AvgIpc) is 3.08. The number of aromatic hydroxyl groups is 1. The summed E-state index contributed by atoms with van der Waals surface area (Å²) in [5, 5.41) is 25.6. The third-order valence-electron chi connectivity index (χ3n) is 5.67. The van der Waals surface area contributed by atoms with Gasteiger partial charge >= 0.3 is 0 Å². The van der Waals surface area contributed by atoms with Crippen molar-refractivity contribution in [1.82, 2.24) is 10.3 Å². The number of rotatable bonds is 6. The second-order valence-corrected chi connectivity index (χ2v) is 7.73. The van der Waals surface area contributed by atoms with E-state index in [1.54, 1.807) is 31.4 Å². The number of aromatic amines is 1. The SMILES string of the molecule is COc1cc(CC(C)NC2CCCc3c2[nH]c2ccc([N+](=O)[O-])cc32)ccc1O. The van der Waals surface area contributed by atoms with Crippen LogP contribution in [0.4, 0.5) is 5.69 Å². The Morgan fingerprint density at radius 2 is 2.17 bits per heavy atom. The van der Waals surface area contributed by atoms with Crippen molar-refractivity contribution in [3.63, 3.8) is 0 Å². The van der Waals surface area contributed by atoms with E-state index in [1.165, 1.54) is 5.56 Å². The molecule has 1 aromatic heterocycles. The molecule has 29 heavy (non-hydrogen) atoms. The lowest BCUT2D eigenvalue weighted by molar-refractivity contribution is -0.384. The third kappa shape index (κ3) is 3.78. The summed E-state index contributed by atoms with van der Waals surface area (Å²) in [6.45, 7) is 2.14. The molecule has 0 saturated heterocycles. The molecule has 1 aliphatic carbocycles. The first-order valence-corrected chi connectivity index (χ1v) is 9.87. The first-order chi connectivity index (χ1) is 14.0. The van der Waals surface area contributed by atoms with Crippen LogP contribution in [0.2, 0.25) is 0 Å². The minimum atomic E-state index is -0.342. The number of nitro benzene ring substituents is 1. The van der Waals surface area contributed by atoms with E-state index in [0.717, 1.165) is 47.8 Å². The van der Waals surface area contributed by atoms with Crippen molar-refractivity contribution < 1.29 is 14.8 Å². The van der Waals surface area contributed by atoms with Crippen LogP contribution in [0.15, 0.2) is 36.4 Å². The zero-order valence-corrected chi connectivity index (χ0v) is 16.6. The summed E-state index contributed by atoms with van der Waals surface area (Å²) in [7, 11) is 1.55. The number of nitrogens with zero attached hydrogens (tertiary/aromatic N) is 1. The largest absolute Gasteiger partial charge is 0.504 e. The maximum absolute atomic E-state index is 11.1. The van der Waals surface area contributed by atoms with E-state index < -0.39 is 0 Å². The molecule has 0 aliphatic heterocycles. The summed E-state index contributed by atoms with van der Waals surface area (Å²) in [5.74, 6) is 0.618. The monoisotopic (exact) mass is 395 g/mol. The minimum Gasteiger partial charge on any atom is -0.504 e. The summed E-state index contributed by atoms with van der Waals surface area (Å²) in [4.78, 5) is 14.3. The van der Waals surface area contributed by atoms with E-state index in [9.17, 15) is 15.2 Å². The Balaban J connectivity index is 1.55. The number of benzene rings is 2. The van der Waals surface area contributed by atoms with Crippen molar-refractivity contribution in [2.75, 3.05) is 7.11 Å². The third-order valence-corrected chi connectivity index (χ3v) is 5.67. The number of nitrogens with one attached hydrogen (secondary N) is 2. The molecule has 2 aromatic carbocycles. The van der Waals surface area contributed by atoms with Gasteiger partial charge in [0.1, 0.15) is 0 Å². The van der Waals surface area contributed by atoms with Gasteiger partial charge in [0.25, 0.3) is 5.69 Å². The molecule has 3 N–H and O–H groups in total. The molecule has 0 radical (unpaired) electrons. The van der Waals surface area contributed by atoms with Crippen LogP contribution < -0.4 is 10.1 Å². The smallest absolute Gasteiger partial charge is 0.270 e. The Morgan fingerprint density at radius 1 is 1.34 bits per heavy atom. The molecule has 2 unspecified atom stereocenters. The lowest BCUT2D eigenvalue weighted by Crippen LogP contribution is -2.34. The van der Waals surface area contributed by atoms with E-state index >= 15 is 0 Å². The number of aromatic nitrogens is 1. The zero-order valence-electron chi connectivity index (χ0n) is 16.6. The summed E-state index contributed by atoms with van der Waals surface area (Å²) >= 11 is 0. The predicted octanol–water partition coefficient (Wildman–Crippen LogP) is 4.39. The number of hydrogen-bond acceptors (Lipinski definition) is 5. The molecular weight excluding hydrogens is 370 g/mol. The van der Waals surface area contributed by atoms with Crippen molar-refractivity contribution in [1.29, 1.82) is 0 Å². The fourth-order valence-corrected chi connectivity index (χ4v) is 4.34. The Labute approximate surface area is 168 Å². The van der Waals surface area contributed by atoms with Crippen LogP contribution >= 0.6 is 0 Å². The van der Waals surface area contributed by atoms with E-state index in [0.29, 0.717) is 5.75 Å². The van der Waals surface area contributed by atoms with Gasteiger partial charge in [-0.15, -0.1) is 0 Å². The molecule has 0 bridgehead atoms. The molecule has 4 rings (SSSR count). The van der Waals surface area contributed by atoms with Gasteiger partial charge in [0.15, 0.2) is 11.5 Å². The molecule has 7 nitrogen and oxygen atoms in total. The molecule has 0 amide bonds. The molecule has 0 fully saturated rings. The van der Waals surface area contributed by atoms with Crippen LogP contribution in [0, 0.1) is 10.1 Å². The molecule has 1 aliphatic rings. The van der Waals surface area contributed by atoms with Gasteiger partial charge in [-0.25, -0.2) is 0 Å². The second kappa shape index (κ2) is 7.75. The number of fused-ring (bicyclic) bond motifs is 3. The van der Waals surface area contributed by atoms with Crippen molar-refractivity contribution in [3.8, 4) is 11.5 Å². The van der Waals surface area contributed by atoms with Gasteiger partial charge in [0, 0.05) is 40.8 Å².